The standard InChI is InChI=1S/C21H19ClFN3O2/c1-14-17(22)4-2-5-18(14)24-20(27)6-3-13-26-21(28)12-11-19(25-26)15-7-9-16(23)10-8-15/h2,4-5,7-12H,3,6,13H2,1H3,(H,24,27). The highest BCUT2D eigenvalue weighted by atomic mass is 35.5. The molecule has 144 valence electrons. The van der Waals surface area contributed by atoms with E-state index in [-0.39, 0.29) is 23.7 Å². The molecule has 0 saturated carbocycles. The van der Waals surface area contributed by atoms with Gasteiger partial charge in [-0.15, -0.1) is 0 Å². The molecule has 3 aromatic rings. The fourth-order valence-electron chi connectivity index (χ4n) is 2.73. The van der Waals surface area contributed by atoms with Gasteiger partial charge in [-0.25, -0.2) is 9.07 Å². The highest BCUT2D eigenvalue weighted by Gasteiger charge is 2.08. The first kappa shape index (κ1) is 19.8. The van der Waals surface area contributed by atoms with Gasteiger partial charge in [-0.3, -0.25) is 9.59 Å². The number of carbonyl (C=O) groups is 1. The number of rotatable bonds is 6. The van der Waals surface area contributed by atoms with Crippen molar-refractivity contribution in [2.24, 2.45) is 0 Å². The number of carbonyl (C=O) groups excluding carboxylic acids is 1. The Kier molecular flexibility index (Phi) is 6.21. The number of amides is 1. The number of aromatic nitrogens is 2. The van der Waals surface area contributed by atoms with Gasteiger partial charge >= 0.3 is 0 Å². The number of anilines is 1. The molecular formula is C21H19ClFN3O2. The molecule has 28 heavy (non-hydrogen) atoms. The Morgan fingerprint density at radius 2 is 1.89 bits per heavy atom. The minimum Gasteiger partial charge on any atom is -0.326 e. The van der Waals surface area contributed by atoms with E-state index >= 15 is 0 Å². The third-order valence-electron chi connectivity index (χ3n) is 4.32. The van der Waals surface area contributed by atoms with Gasteiger partial charge in [0, 0.05) is 35.3 Å². The zero-order valence-corrected chi connectivity index (χ0v) is 16.0. The van der Waals surface area contributed by atoms with E-state index in [4.69, 9.17) is 11.6 Å². The number of nitrogens with zero attached hydrogens (tertiary/aromatic N) is 2. The largest absolute Gasteiger partial charge is 0.326 e. The van der Waals surface area contributed by atoms with Gasteiger partial charge in [-0.2, -0.15) is 5.10 Å². The second-order valence-corrected chi connectivity index (χ2v) is 6.76. The van der Waals surface area contributed by atoms with Crippen molar-refractivity contribution in [3.05, 3.63) is 81.4 Å². The summed E-state index contributed by atoms with van der Waals surface area (Å²) in [6.45, 7) is 2.14. The molecule has 0 aliphatic carbocycles. The third-order valence-corrected chi connectivity index (χ3v) is 4.73. The van der Waals surface area contributed by atoms with Crippen molar-refractivity contribution in [2.75, 3.05) is 5.32 Å². The van der Waals surface area contributed by atoms with Crippen LogP contribution in [0.1, 0.15) is 18.4 Å². The quantitative estimate of drug-likeness (QED) is 0.666. The molecule has 3 rings (SSSR count). The number of aryl methyl sites for hydroxylation is 1. The van der Waals surface area contributed by atoms with Crippen LogP contribution < -0.4 is 10.9 Å². The molecule has 1 heterocycles. The summed E-state index contributed by atoms with van der Waals surface area (Å²) < 4.78 is 14.4. The minimum atomic E-state index is -0.335. The molecule has 1 aromatic heterocycles. The van der Waals surface area contributed by atoms with Crippen molar-refractivity contribution in [2.45, 2.75) is 26.3 Å². The van der Waals surface area contributed by atoms with Crippen LogP contribution in [-0.2, 0) is 11.3 Å². The molecule has 1 N–H and O–H groups in total. The molecule has 5 nitrogen and oxygen atoms in total. The molecule has 7 heteroatoms. The fourth-order valence-corrected chi connectivity index (χ4v) is 2.90. The average Bonchev–Trinajstić information content (AvgIpc) is 2.68. The maximum Gasteiger partial charge on any atom is 0.266 e. The van der Waals surface area contributed by atoms with Gasteiger partial charge in [0.15, 0.2) is 0 Å². The van der Waals surface area contributed by atoms with Crippen LogP contribution in [0.15, 0.2) is 59.4 Å². The van der Waals surface area contributed by atoms with E-state index in [1.165, 1.54) is 22.9 Å². The van der Waals surface area contributed by atoms with E-state index < -0.39 is 0 Å². The van der Waals surface area contributed by atoms with Gasteiger partial charge in [0.25, 0.3) is 5.56 Å². The van der Waals surface area contributed by atoms with Crippen LogP contribution in [0.5, 0.6) is 0 Å². The second-order valence-electron chi connectivity index (χ2n) is 6.35. The Morgan fingerprint density at radius 1 is 1.14 bits per heavy atom. The fraction of sp³-hybridized carbons (Fsp3) is 0.190. The Morgan fingerprint density at radius 3 is 2.64 bits per heavy atom. The monoisotopic (exact) mass is 399 g/mol. The lowest BCUT2D eigenvalue weighted by Gasteiger charge is -2.10. The third kappa shape index (κ3) is 4.84. The number of hydrogen-bond acceptors (Lipinski definition) is 3. The van der Waals surface area contributed by atoms with Gasteiger partial charge in [-0.1, -0.05) is 17.7 Å². The number of hydrogen-bond donors (Lipinski definition) is 1. The highest BCUT2D eigenvalue weighted by molar-refractivity contribution is 6.31. The number of benzene rings is 2. The van der Waals surface area contributed by atoms with Gasteiger partial charge in [-0.05, 0) is 61.4 Å². The topological polar surface area (TPSA) is 64.0 Å². The van der Waals surface area contributed by atoms with E-state index in [0.29, 0.717) is 34.9 Å². The van der Waals surface area contributed by atoms with E-state index in [1.807, 2.05) is 6.92 Å². The summed E-state index contributed by atoms with van der Waals surface area (Å²) in [5, 5.41) is 7.73. The van der Waals surface area contributed by atoms with Crippen LogP contribution in [0.4, 0.5) is 10.1 Å². The molecule has 0 spiro atoms. The van der Waals surface area contributed by atoms with Crippen LogP contribution in [0.3, 0.4) is 0 Å². The summed E-state index contributed by atoms with van der Waals surface area (Å²) in [6, 6.07) is 14.2. The molecule has 2 aromatic carbocycles. The van der Waals surface area contributed by atoms with Crippen molar-refractivity contribution in [3.63, 3.8) is 0 Å². The Bertz CT molecular complexity index is 1050. The maximum atomic E-state index is 13.1. The summed E-state index contributed by atoms with van der Waals surface area (Å²) in [5.74, 6) is -0.494. The van der Waals surface area contributed by atoms with Crippen molar-refractivity contribution in [1.29, 1.82) is 0 Å². The van der Waals surface area contributed by atoms with Crippen LogP contribution >= 0.6 is 11.6 Å². The Labute approximate surface area is 166 Å². The zero-order chi connectivity index (χ0) is 20.1. The summed E-state index contributed by atoms with van der Waals surface area (Å²) in [7, 11) is 0. The molecule has 0 aliphatic heterocycles. The molecule has 0 saturated heterocycles. The zero-order valence-electron chi connectivity index (χ0n) is 15.3. The SMILES string of the molecule is Cc1c(Cl)cccc1NC(=O)CCCn1nc(-c2ccc(F)cc2)ccc1=O. The lowest BCUT2D eigenvalue weighted by atomic mass is 10.1. The predicted molar refractivity (Wildman–Crippen MR) is 108 cm³/mol. The molecule has 0 aliphatic rings. The number of nitrogens with one attached hydrogen (secondary N) is 1. The minimum absolute atomic E-state index is 0.159. The summed E-state index contributed by atoms with van der Waals surface area (Å²) >= 11 is 6.05. The van der Waals surface area contributed by atoms with Crippen molar-refractivity contribution < 1.29 is 9.18 Å². The molecule has 0 bridgehead atoms. The smallest absolute Gasteiger partial charge is 0.266 e. The van der Waals surface area contributed by atoms with Gasteiger partial charge in [0.05, 0.1) is 5.69 Å². The van der Waals surface area contributed by atoms with E-state index in [0.717, 1.165) is 5.56 Å². The summed E-state index contributed by atoms with van der Waals surface area (Å²) in [4.78, 5) is 24.2. The molecular weight excluding hydrogens is 381 g/mol. The van der Waals surface area contributed by atoms with Gasteiger partial charge < -0.3 is 5.32 Å². The van der Waals surface area contributed by atoms with Gasteiger partial charge in [0.2, 0.25) is 5.91 Å². The molecule has 0 unspecified atom stereocenters. The van der Waals surface area contributed by atoms with E-state index in [1.54, 1.807) is 36.4 Å². The maximum absolute atomic E-state index is 13.1. The normalized spacial score (nSPS) is 10.7. The first-order valence-corrected chi connectivity index (χ1v) is 9.21. The Hall–Kier alpha value is -2.99. The summed E-state index contributed by atoms with van der Waals surface area (Å²) in [6.07, 6.45) is 0.687. The van der Waals surface area contributed by atoms with Crippen LogP contribution in [0, 0.1) is 12.7 Å². The summed E-state index contributed by atoms with van der Waals surface area (Å²) in [5.41, 5.74) is 2.51. The molecule has 1 amide bonds. The van der Waals surface area contributed by atoms with E-state index in [9.17, 15) is 14.0 Å². The molecule has 0 fully saturated rings. The van der Waals surface area contributed by atoms with Crippen molar-refractivity contribution >= 4 is 23.2 Å². The van der Waals surface area contributed by atoms with Gasteiger partial charge in [0.1, 0.15) is 5.82 Å². The van der Waals surface area contributed by atoms with Crippen LogP contribution in [0.25, 0.3) is 11.3 Å². The second kappa shape index (κ2) is 8.80. The van der Waals surface area contributed by atoms with Crippen molar-refractivity contribution in [3.8, 4) is 11.3 Å². The first-order chi connectivity index (χ1) is 13.4. The lowest BCUT2D eigenvalue weighted by Crippen LogP contribution is -2.23. The predicted octanol–water partition coefficient (Wildman–Crippen LogP) is 4.43. The van der Waals surface area contributed by atoms with E-state index in [2.05, 4.69) is 10.4 Å². The Balaban J connectivity index is 1.62. The van der Waals surface area contributed by atoms with Crippen LogP contribution in [-0.4, -0.2) is 15.7 Å². The van der Waals surface area contributed by atoms with Crippen molar-refractivity contribution in [1.82, 2.24) is 9.78 Å². The molecule has 0 radical (unpaired) electrons. The number of halogens is 2. The average molecular weight is 400 g/mol. The van der Waals surface area contributed by atoms with Crippen LogP contribution in [0.2, 0.25) is 5.02 Å². The molecule has 0 atom stereocenters. The highest BCUT2D eigenvalue weighted by Crippen LogP contribution is 2.23. The first-order valence-electron chi connectivity index (χ1n) is 8.83. The lowest BCUT2D eigenvalue weighted by molar-refractivity contribution is -0.116.